The van der Waals surface area contributed by atoms with Crippen LogP contribution in [0.25, 0.3) is 0 Å². The van der Waals surface area contributed by atoms with Crippen molar-refractivity contribution in [3.05, 3.63) is 0 Å². The molecule has 0 aliphatic carbocycles. The molecule has 3 atom stereocenters. The lowest BCUT2D eigenvalue weighted by molar-refractivity contribution is -0.139. The van der Waals surface area contributed by atoms with Gasteiger partial charge in [-0.3, -0.25) is 9.00 Å². The maximum atomic E-state index is 11.4. The van der Waals surface area contributed by atoms with Crippen LogP contribution in [0.15, 0.2) is 0 Å². The molecule has 18 heavy (non-hydrogen) atoms. The highest BCUT2D eigenvalue weighted by atomic mass is 32.2. The summed E-state index contributed by atoms with van der Waals surface area (Å²) in [5.41, 5.74) is 0. The van der Waals surface area contributed by atoms with Crippen LogP contribution in [-0.4, -0.2) is 59.1 Å². The number of urea groups is 1. The van der Waals surface area contributed by atoms with Gasteiger partial charge in [-0.2, -0.15) is 0 Å². The Hall–Kier alpha value is -1.15. The molecular formula is C10H20N2O5S. The van der Waals surface area contributed by atoms with E-state index in [-0.39, 0.29) is 19.0 Å². The number of carboxylic acid groups (broad SMARTS) is 1. The summed E-state index contributed by atoms with van der Waals surface area (Å²) in [5, 5.41) is 13.7. The van der Waals surface area contributed by atoms with Crippen LogP contribution in [0.1, 0.15) is 13.3 Å². The first-order valence-corrected chi connectivity index (χ1v) is 7.16. The van der Waals surface area contributed by atoms with E-state index >= 15 is 0 Å². The number of hydrogen-bond acceptors (Lipinski definition) is 4. The number of methoxy groups -OCH3 is 1. The number of carboxylic acids is 1. The van der Waals surface area contributed by atoms with Crippen molar-refractivity contribution < 1.29 is 23.6 Å². The molecule has 0 aliphatic rings. The number of carbonyl (C=O) groups is 2. The summed E-state index contributed by atoms with van der Waals surface area (Å²) in [6, 6.07) is -0.642. The lowest BCUT2D eigenvalue weighted by atomic mass is 10.2. The summed E-state index contributed by atoms with van der Waals surface area (Å²) in [6.45, 7) is 1.85. The van der Waals surface area contributed by atoms with E-state index in [1.54, 1.807) is 13.2 Å². The largest absolute Gasteiger partial charge is 0.481 e. The molecule has 0 aliphatic heterocycles. The van der Waals surface area contributed by atoms with Crippen LogP contribution in [0.5, 0.6) is 0 Å². The first-order chi connectivity index (χ1) is 8.35. The second-order valence-electron chi connectivity index (χ2n) is 3.95. The third-order valence-electron chi connectivity index (χ3n) is 2.09. The van der Waals surface area contributed by atoms with Crippen molar-refractivity contribution in [1.82, 2.24) is 10.6 Å². The molecule has 2 amide bonds. The highest BCUT2D eigenvalue weighted by Gasteiger charge is 2.14. The van der Waals surface area contributed by atoms with Gasteiger partial charge in [-0.05, 0) is 6.92 Å². The van der Waals surface area contributed by atoms with E-state index in [9.17, 15) is 13.8 Å². The molecule has 8 heteroatoms. The first-order valence-electron chi connectivity index (χ1n) is 5.44. The molecule has 106 valence electrons. The number of rotatable bonds is 8. The van der Waals surface area contributed by atoms with Crippen LogP contribution in [0.2, 0.25) is 0 Å². The predicted octanol–water partition coefficient (Wildman–Crippen LogP) is -0.458. The molecule has 0 aromatic heterocycles. The Morgan fingerprint density at radius 2 is 2.06 bits per heavy atom. The Morgan fingerprint density at radius 3 is 2.50 bits per heavy atom. The molecule has 0 heterocycles. The minimum absolute atomic E-state index is 0.108. The number of aliphatic carboxylic acids is 1. The van der Waals surface area contributed by atoms with Gasteiger partial charge < -0.3 is 20.5 Å². The second kappa shape index (κ2) is 8.87. The molecule has 0 saturated heterocycles. The Labute approximate surface area is 109 Å². The van der Waals surface area contributed by atoms with Gasteiger partial charge in [0.05, 0.1) is 12.5 Å². The average Bonchev–Trinajstić information content (AvgIpc) is 2.22. The van der Waals surface area contributed by atoms with Gasteiger partial charge in [0, 0.05) is 42.5 Å². The van der Waals surface area contributed by atoms with Crippen molar-refractivity contribution in [2.75, 3.05) is 25.7 Å². The molecule has 0 spiro atoms. The summed E-state index contributed by atoms with van der Waals surface area (Å²) in [5.74, 6) is -0.616. The maximum absolute atomic E-state index is 11.4. The fourth-order valence-corrected chi connectivity index (χ4v) is 2.10. The summed E-state index contributed by atoms with van der Waals surface area (Å²) in [4.78, 5) is 21.9. The number of nitrogens with one attached hydrogen (secondary N) is 2. The normalized spacial score (nSPS) is 15.5. The number of amides is 2. The lowest BCUT2D eigenvalue weighted by Gasteiger charge is -2.16. The van der Waals surface area contributed by atoms with Crippen LogP contribution in [-0.2, 0) is 20.3 Å². The van der Waals surface area contributed by atoms with E-state index in [0.29, 0.717) is 5.75 Å². The van der Waals surface area contributed by atoms with Crippen LogP contribution in [0.3, 0.4) is 0 Å². The van der Waals surface area contributed by atoms with Crippen LogP contribution in [0.4, 0.5) is 4.79 Å². The minimum Gasteiger partial charge on any atom is -0.481 e. The van der Waals surface area contributed by atoms with Gasteiger partial charge in [-0.25, -0.2) is 4.79 Å². The van der Waals surface area contributed by atoms with E-state index in [2.05, 4.69) is 10.6 Å². The van der Waals surface area contributed by atoms with Crippen molar-refractivity contribution in [2.45, 2.75) is 25.5 Å². The molecule has 0 bridgehead atoms. The third kappa shape index (κ3) is 8.94. The highest BCUT2D eigenvalue weighted by Crippen LogP contribution is 1.95. The quantitative estimate of drug-likeness (QED) is 0.558. The van der Waals surface area contributed by atoms with Crippen molar-refractivity contribution in [1.29, 1.82) is 0 Å². The summed E-state index contributed by atoms with van der Waals surface area (Å²) in [6.07, 6.45) is 0.818. The van der Waals surface area contributed by atoms with Gasteiger partial charge in [0.2, 0.25) is 0 Å². The summed E-state index contributed by atoms with van der Waals surface area (Å²) >= 11 is 0. The zero-order chi connectivity index (χ0) is 14.1. The summed E-state index contributed by atoms with van der Waals surface area (Å²) < 4.78 is 15.8. The average molecular weight is 280 g/mol. The summed E-state index contributed by atoms with van der Waals surface area (Å²) in [7, 11) is 0.406. The molecular weight excluding hydrogens is 260 g/mol. The van der Waals surface area contributed by atoms with Crippen molar-refractivity contribution in [3.8, 4) is 0 Å². The monoisotopic (exact) mass is 280 g/mol. The third-order valence-corrected chi connectivity index (χ3v) is 3.06. The minimum atomic E-state index is -0.987. The van der Waals surface area contributed by atoms with E-state index in [1.807, 2.05) is 0 Å². The highest BCUT2D eigenvalue weighted by molar-refractivity contribution is 7.84. The van der Waals surface area contributed by atoms with Crippen molar-refractivity contribution in [2.24, 2.45) is 0 Å². The van der Waals surface area contributed by atoms with E-state index in [0.717, 1.165) is 0 Å². The molecule has 0 fully saturated rings. The standard InChI is InChI=1S/C10H20N2O5S/c1-7(6-18(3)16)12-10(15)11-5-8(17-2)4-9(13)14/h7-8H,4-6H2,1-3H3,(H,13,14)(H2,11,12,15). The fraction of sp³-hybridized carbons (Fsp3) is 0.800. The van der Waals surface area contributed by atoms with Gasteiger partial charge in [0.1, 0.15) is 0 Å². The Balaban J connectivity index is 3.93. The SMILES string of the molecule is COC(CNC(=O)NC(C)CS(C)=O)CC(=O)O. The molecule has 0 saturated carbocycles. The van der Waals surface area contributed by atoms with Gasteiger partial charge >= 0.3 is 12.0 Å². The van der Waals surface area contributed by atoms with Gasteiger partial charge in [-0.15, -0.1) is 0 Å². The molecule has 0 radical (unpaired) electrons. The zero-order valence-electron chi connectivity index (χ0n) is 10.8. The smallest absolute Gasteiger partial charge is 0.315 e. The van der Waals surface area contributed by atoms with Crippen molar-refractivity contribution in [3.63, 3.8) is 0 Å². The zero-order valence-corrected chi connectivity index (χ0v) is 11.6. The molecule has 7 nitrogen and oxygen atoms in total. The lowest BCUT2D eigenvalue weighted by Crippen LogP contribution is -2.45. The van der Waals surface area contributed by atoms with Crippen LogP contribution >= 0.6 is 0 Å². The number of ether oxygens (including phenoxy) is 1. The van der Waals surface area contributed by atoms with E-state index < -0.39 is 28.9 Å². The fourth-order valence-electron chi connectivity index (χ4n) is 1.31. The Kier molecular flexibility index (Phi) is 8.30. The van der Waals surface area contributed by atoms with Gasteiger partial charge in [-0.1, -0.05) is 0 Å². The Morgan fingerprint density at radius 1 is 1.44 bits per heavy atom. The first kappa shape index (κ1) is 16.9. The van der Waals surface area contributed by atoms with Gasteiger partial charge in [0.15, 0.2) is 0 Å². The number of carbonyl (C=O) groups excluding carboxylic acids is 1. The van der Waals surface area contributed by atoms with Crippen molar-refractivity contribution >= 4 is 22.8 Å². The number of hydrogen-bond donors (Lipinski definition) is 3. The van der Waals surface area contributed by atoms with E-state index in [1.165, 1.54) is 7.11 Å². The van der Waals surface area contributed by atoms with E-state index in [4.69, 9.17) is 9.84 Å². The topological polar surface area (TPSA) is 105 Å². The second-order valence-corrected chi connectivity index (χ2v) is 5.43. The van der Waals surface area contributed by atoms with Gasteiger partial charge in [0.25, 0.3) is 0 Å². The molecule has 3 unspecified atom stereocenters. The van der Waals surface area contributed by atoms with Crippen LogP contribution < -0.4 is 10.6 Å². The maximum Gasteiger partial charge on any atom is 0.315 e. The molecule has 0 rings (SSSR count). The van der Waals surface area contributed by atoms with Crippen LogP contribution in [0, 0.1) is 0 Å². The molecule has 3 N–H and O–H groups in total. The predicted molar refractivity (Wildman–Crippen MR) is 68.0 cm³/mol. The Bertz CT molecular complexity index is 311. The molecule has 0 aromatic rings. The molecule has 0 aromatic carbocycles.